The average molecular weight is 232 g/mol. The zero-order valence-corrected chi connectivity index (χ0v) is 10.5. The second-order valence-corrected chi connectivity index (χ2v) is 4.96. The lowest BCUT2D eigenvalue weighted by molar-refractivity contribution is 0.168. The third-order valence-corrected chi connectivity index (χ3v) is 3.56. The van der Waals surface area contributed by atoms with Gasteiger partial charge in [-0.25, -0.2) is 0 Å². The van der Waals surface area contributed by atoms with Gasteiger partial charge in [0.15, 0.2) is 0 Å². The van der Waals surface area contributed by atoms with Crippen molar-refractivity contribution in [3.8, 4) is 0 Å². The number of nitrogens with zero attached hydrogens (tertiary/aromatic N) is 2. The number of rotatable bonds is 2. The van der Waals surface area contributed by atoms with Crippen molar-refractivity contribution in [1.29, 1.82) is 0 Å². The van der Waals surface area contributed by atoms with E-state index >= 15 is 0 Å². The highest BCUT2D eigenvalue weighted by Crippen LogP contribution is 2.21. The van der Waals surface area contributed by atoms with Gasteiger partial charge in [-0.3, -0.25) is 4.90 Å². The second-order valence-electron chi connectivity index (χ2n) is 4.96. The summed E-state index contributed by atoms with van der Waals surface area (Å²) in [7, 11) is 0. The van der Waals surface area contributed by atoms with E-state index < -0.39 is 0 Å². The smallest absolute Gasteiger partial charge is 0.0627 e. The van der Waals surface area contributed by atoms with Gasteiger partial charge in [0.1, 0.15) is 0 Å². The van der Waals surface area contributed by atoms with Crippen LogP contribution in [0, 0.1) is 5.92 Å². The van der Waals surface area contributed by atoms with Gasteiger partial charge in [0.05, 0.1) is 5.71 Å². The van der Waals surface area contributed by atoms with Gasteiger partial charge in [-0.05, 0) is 12.5 Å². The second kappa shape index (κ2) is 5.32. The zero-order chi connectivity index (χ0) is 12.3. The molecule has 0 aromatic heterocycles. The molecule has 0 amide bonds. The molecule has 1 saturated heterocycles. The molecule has 1 aromatic rings. The quantitative estimate of drug-likeness (QED) is 0.628. The monoisotopic (exact) mass is 232 g/mol. The Labute approximate surface area is 103 Å². The molecule has 92 valence electrons. The van der Waals surface area contributed by atoms with E-state index in [2.05, 4.69) is 48.2 Å². The Hall–Kier alpha value is -1.35. The summed E-state index contributed by atoms with van der Waals surface area (Å²) in [4.78, 5) is 2.45. The molecular weight excluding hydrogens is 212 g/mol. The Kier molecular flexibility index (Phi) is 3.79. The van der Waals surface area contributed by atoms with E-state index in [0.29, 0.717) is 12.0 Å². The Morgan fingerprint density at radius 2 is 2.00 bits per heavy atom. The fourth-order valence-corrected chi connectivity index (χ4v) is 2.45. The van der Waals surface area contributed by atoms with Gasteiger partial charge in [0.25, 0.3) is 0 Å². The summed E-state index contributed by atoms with van der Waals surface area (Å²) in [6.45, 7) is 6.26. The van der Waals surface area contributed by atoms with Crippen LogP contribution in [0.5, 0.6) is 0 Å². The van der Waals surface area contributed by atoms with Crippen molar-refractivity contribution >= 4 is 5.71 Å². The molecule has 1 aromatic carbocycles. The van der Waals surface area contributed by atoms with Crippen molar-refractivity contribution in [3.05, 3.63) is 35.9 Å². The Balaban J connectivity index is 2.03. The molecule has 1 heterocycles. The number of hydrogen-bond donors (Lipinski definition) is 1. The van der Waals surface area contributed by atoms with E-state index in [1.54, 1.807) is 0 Å². The van der Waals surface area contributed by atoms with Gasteiger partial charge in [-0.15, -0.1) is 0 Å². The van der Waals surface area contributed by atoms with Crippen LogP contribution in [-0.2, 0) is 6.54 Å². The summed E-state index contributed by atoms with van der Waals surface area (Å²) in [5, 5.41) is 12.3. The van der Waals surface area contributed by atoms with Crippen molar-refractivity contribution in [2.75, 3.05) is 6.54 Å². The van der Waals surface area contributed by atoms with Gasteiger partial charge < -0.3 is 5.21 Å². The molecular formula is C14H20N2O. The zero-order valence-electron chi connectivity index (χ0n) is 10.5. The fourth-order valence-electron chi connectivity index (χ4n) is 2.45. The van der Waals surface area contributed by atoms with Crippen molar-refractivity contribution < 1.29 is 5.21 Å². The van der Waals surface area contributed by atoms with E-state index in [0.717, 1.165) is 25.2 Å². The van der Waals surface area contributed by atoms with Crippen LogP contribution in [0.1, 0.15) is 25.8 Å². The van der Waals surface area contributed by atoms with Gasteiger partial charge >= 0.3 is 0 Å². The minimum absolute atomic E-state index is 0.347. The lowest BCUT2D eigenvalue weighted by Crippen LogP contribution is -2.44. The summed E-state index contributed by atoms with van der Waals surface area (Å²) in [6, 6.07) is 11.0. The van der Waals surface area contributed by atoms with Gasteiger partial charge in [0.2, 0.25) is 0 Å². The van der Waals surface area contributed by atoms with E-state index in [1.807, 2.05) is 6.07 Å². The molecule has 1 N–H and O–H groups in total. The number of hydrogen-bond acceptors (Lipinski definition) is 3. The maximum atomic E-state index is 8.92. The molecule has 2 atom stereocenters. The Morgan fingerprint density at radius 3 is 2.65 bits per heavy atom. The molecule has 1 aliphatic heterocycles. The number of benzene rings is 1. The first-order chi connectivity index (χ1) is 8.20. The van der Waals surface area contributed by atoms with E-state index in [1.165, 1.54) is 5.56 Å². The average Bonchev–Trinajstić information content (AvgIpc) is 2.34. The number of piperidine rings is 1. The van der Waals surface area contributed by atoms with Gasteiger partial charge in [-0.1, -0.05) is 42.4 Å². The predicted molar refractivity (Wildman–Crippen MR) is 69.3 cm³/mol. The highest BCUT2D eigenvalue weighted by Gasteiger charge is 2.27. The normalized spacial score (nSPS) is 28.5. The molecule has 2 rings (SSSR count). The van der Waals surface area contributed by atoms with E-state index in [4.69, 9.17) is 5.21 Å². The van der Waals surface area contributed by atoms with Crippen LogP contribution in [0.2, 0.25) is 0 Å². The largest absolute Gasteiger partial charge is 0.411 e. The first-order valence-corrected chi connectivity index (χ1v) is 6.19. The summed E-state index contributed by atoms with van der Waals surface area (Å²) in [5.41, 5.74) is 2.28. The standard InChI is InChI=1S/C14H20N2O/c1-11-9-16(12(2)8-14(11)15-17)10-13-6-4-3-5-7-13/h3-7,11-12,17H,8-10H2,1-2H3/b15-14+/t11-,12-/m0/s1. The van der Waals surface area contributed by atoms with E-state index in [9.17, 15) is 0 Å². The summed E-state index contributed by atoms with van der Waals surface area (Å²) in [5.74, 6) is 0.347. The van der Waals surface area contributed by atoms with Crippen molar-refractivity contribution in [2.24, 2.45) is 11.1 Å². The first kappa shape index (κ1) is 12.1. The molecule has 0 bridgehead atoms. The van der Waals surface area contributed by atoms with Crippen LogP contribution in [0.4, 0.5) is 0 Å². The molecule has 0 saturated carbocycles. The molecule has 0 radical (unpaired) electrons. The maximum absolute atomic E-state index is 8.92. The van der Waals surface area contributed by atoms with Crippen molar-refractivity contribution in [3.63, 3.8) is 0 Å². The van der Waals surface area contributed by atoms with E-state index in [-0.39, 0.29) is 0 Å². The minimum atomic E-state index is 0.347. The molecule has 3 nitrogen and oxygen atoms in total. The molecule has 1 aliphatic rings. The lowest BCUT2D eigenvalue weighted by atomic mass is 9.92. The van der Waals surface area contributed by atoms with Crippen LogP contribution in [0.15, 0.2) is 35.5 Å². The Morgan fingerprint density at radius 1 is 1.29 bits per heavy atom. The molecule has 1 fully saturated rings. The highest BCUT2D eigenvalue weighted by molar-refractivity contribution is 5.87. The third kappa shape index (κ3) is 2.86. The van der Waals surface area contributed by atoms with Crippen LogP contribution in [0.25, 0.3) is 0 Å². The van der Waals surface area contributed by atoms with Crippen LogP contribution in [0.3, 0.4) is 0 Å². The molecule has 0 aliphatic carbocycles. The SMILES string of the molecule is C[C@H]1CN(Cc2ccccc2)[C@@H](C)C/C1=N\O. The molecule has 0 unspecified atom stereocenters. The maximum Gasteiger partial charge on any atom is 0.0627 e. The van der Waals surface area contributed by atoms with Crippen molar-refractivity contribution in [2.45, 2.75) is 32.9 Å². The first-order valence-electron chi connectivity index (χ1n) is 6.19. The molecule has 17 heavy (non-hydrogen) atoms. The van der Waals surface area contributed by atoms with Gasteiger partial charge in [-0.2, -0.15) is 0 Å². The topological polar surface area (TPSA) is 35.8 Å². The third-order valence-electron chi connectivity index (χ3n) is 3.56. The lowest BCUT2D eigenvalue weighted by Gasteiger charge is -2.37. The fraction of sp³-hybridized carbons (Fsp3) is 0.500. The Bertz CT molecular complexity index is 388. The highest BCUT2D eigenvalue weighted by atomic mass is 16.4. The minimum Gasteiger partial charge on any atom is -0.411 e. The molecule has 0 spiro atoms. The summed E-state index contributed by atoms with van der Waals surface area (Å²) >= 11 is 0. The predicted octanol–water partition coefficient (Wildman–Crippen LogP) is 2.75. The molecule has 3 heteroatoms. The van der Waals surface area contributed by atoms with Gasteiger partial charge in [0, 0.05) is 31.5 Å². The van der Waals surface area contributed by atoms with Crippen LogP contribution in [-0.4, -0.2) is 28.4 Å². The number of oxime groups is 1. The summed E-state index contributed by atoms with van der Waals surface area (Å²) in [6.07, 6.45) is 0.866. The van der Waals surface area contributed by atoms with Crippen molar-refractivity contribution in [1.82, 2.24) is 4.90 Å². The number of likely N-dealkylation sites (tertiary alicyclic amines) is 1. The van der Waals surface area contributed by atoms with Crippen LogP contribution >= 0.6 is 0 Å². The summed E-state index contributed by atoms with van der Waals surface area (Å²) < 4.78 is 0. The van der Waals surface area contributed by atoms with Crippen LogP contribution < -0.4 is 0 Å².